The third-order valence-electron chi connectivity index (χ3n) is 2.25. The molecule has 0 spiro atoms. The van der Waals surface area contributed by atoms with E-state index in [9.17, 15) is 0 Å². The molecule has 1 unspecified atom stereocenters. The maximum Gasteiger partial charge on any atom is 0.0783 e. The Morgan fingerprint density at radius 1 is 1.41 bits per heavy atom. The van der Waals surface area contributed by atoms with Gasteiger partial charge in [-0.25, -0.2) is 0 Å². The van der Waals surface area contributed by atoms with Gasteiger partial charge in [0.2, 0.25) is 0 Å². The highest BCUT2D eigenvalue weighted by Crippen LogP contribution is 2.24. The molecule has 1 atom stereocenters. The third-order valence-corrected chi connectivity index (χ3v) is 2.76. The molecule has 1 aromatic rings. The number of nitrogens with one attached hydrogen (secondary N) is 1. The Kier molecular flexibility index (Phi) is 6.82. The van der Waals surface area contributed by atoms with Crippen LogP contribution in [0.25, 0.3) is 0 Å². The lowest BCUT2D eigenvalue weighted by Crippen LogP contribution is -2.26. The molecule has 96 valence electrons. The van der Waals surface area contributed by atoms with Crippen LogP contribution in [0.3, 0.4) is 0 Å². The zero-order valence-corrected chi connectivity index (χ0v) is 11.7. The Hall–Kier alpha value is -0.350. The molecule has 0 aromatic carbocycles. The molecule has 1 aromatic heterocycles. The van der Waals surface area contributed by atoms with E-state index < -0.39 is 0 Å². The summed E-state index contributed by atoms with van der Waals surface area (Å²) in [7, 11) is 0. The van der Waals surface area contributed by atoms with Gasteiger partial charge >= 0.3 is 0 Å². The fraction of sp³-hybridized carbons (Fsp3) is 0.583. The first-order valence-electron chi connectivity index (χ1n) is 5.81. The molecule has 0 radical (unpaired) electrons. The van der Waals surface area contributed by atoms with E-state index in [0.717, 1.165) is 25.3 Å². The number of likely N-dealkylation sites (N-methyl/N-ethyl adjacent to an activating group) is 1. The molecule has 0 saturated heterocycles. The average molecular weight is 277 g/mol. The van der Waals surface area contributed by atoms with Crippen molar-refractivity contribution in [2.45, 2.75) is 26.3 Å². The van der Waals surface area contributed by atoms with Gasteiger partial charge in [-0.05, 0) is 19.0 Å². The summed E-state index contributed by atoms with van der Waals surface area (Å²) in [4.78, 5) is 4.27. The van der Waals surface area contributed by atoms with Crippen LogP contribution in [0, 0.1) is 0 Å². The van der Waals surface area contributed by atoms with Crippen LogP contribution in [0.15, 0.2) is 12.3 Å². The molecule has 1 heterocycles. The van der Waals surface area contributed by atoms with Gasteiger partial charge in [-0.3, -0.25) is 4.98 Å². The van der Waals surface area contributed by atoms with Gasteiger partial charge in [0.05, 0.1) is 28.4 Å². The Balaban J connectivity index is 2.74. The molecule has 0 amide bonds. The minimum Gasteiger partial charge on any atom is -0.379 e. The second-order valence-corrected chi connectivity index (χ2v) is 4.55. The van der Waals surface area contributed by atoms with E-state index in [1.165, 1.54) is 0 Å². The largest absolute Gasteiger partial charge is 0.379 e. The zero-order chi connectivity index (χ0) is 12.7. The van der Waals surface area contributed by atoms with Crippen molar-refractivity contribution in [3.05, 3.63) is 28.0 Å². The van der Waals surface area contributed by atoms with Crippen LogP contribution < -0.4 is 5.32 Å². The maximum atomic E-state index is 6.13. The van der Waals surface area contributed by atoms with Crippen LogP contribution in [0.1, 0.15) is 32.0 Å². The van der Waals surface area contributed by atoms with E-state index in [2.05, 4.69) is 17.2 Å². The van der Waals surface area contributed by atoms with Crippen molar-refractivity contribution >= 4 is 23.2 Å². The van der Waals surface area contributed by atoms with E-state index >= 15 is 0 Å². The third kappa shape index (κ3) is 4.80. The van der Waals surface area contributed by atoms with Crippen molar-refractivity contribution in [3.8, 4) is 0 Å². The molecule has 0 bridgehead atoms. The summed E-state index contributed by atoms with van der Waals surface area (Å²) < 4.78 is 5.54. The standard InChI is InChI=1S/C12H18Cl2N2O/c1-3-5-17-8-11(15-4-2)12-10(14)6-9(13)7-16-12/h6-7,11,15H,3-5,8H2,1-2H3. The first kappa shape index (κ1) is 14.7. The number of pyridine rings is 1. The molecule has 3 nitrogen and oxygen atoms in total. The Morgan fingerprint density at radius 3 is 2.76 bits per heavy atom. The normalized spacial score (nSPS) is 12.7. The second kappa shape index (κ2) is 7.88. The number of hydrogen-bond donors (Lipinski definition) is 1. The number of halogens is 2. The molecule has 0 saturated carbocycles. The monoisotopic (exact) mass is 276 g/mol. The first-order chi connectivity index (χ1) is 8.19. The lowest BCUT2D eigenvalue weighted by atomic mass is 10.2. The molecule has 0 aliphatic rings. The molecule has 0 aliphatic carbocycles. The predicted molar refractivity (Wildman–Crippen MR) is 71.8 cm³/mol. The number of aromatic nitrogens is 1. The summed E-state index contributed by atoms with van der Waals surface area (Å²) in [5.74, 6) is 0. The fourth-order valence-electron chi connectivity index (χ4n) is 1.51. The van der Waals surface area contributed by atoms with Gasteiger partial charge in [-0.1, -0.05) is 37.0 Å². The van der Waals surface area contributed by atoms with Crippen LogP contribution in [-0.4, -0.2) is 24.7 Å². The van der Waals surface area contributed by atoms with Gasteiger partial charge in [-0.2, -0.15) is 0 Å². The van der Waals surface area contributed by atoms with Crippen molar-refractivity contribution in [2.24, 2.45) is 0 Å². The van der Waals surface area contributed by atoms with Crippen LogP contribution in [0.4, 0.5) is 0 Å². The highest BCUT2D eigenvalue weighted by atomic mass is 35.5. The van der Waals surface area contributed by atoms with Gasteiger partial charge in [0.1, 0.15) is 0 Å². The van der Waals surface area contributed by atoms with Gasteiger partial charge in [0, 0.05) is 12.8 Å². The minimum atomic E-state index is 0.0105. The predicted octanol–water partition coefficient (Wildman–Crippen LogP) is 3.47. The van der Waals surface area contributed by atoms with Gasteiger partial charge in [0.25, 0.3) is 0 Å². The zero-order valence-electron chi connectivity index (χ0n) is 10.2. The maximum absolute atomic E-state index is 6.13. The topological polar surface area (TPSA) is 34.1 Å². The minimum absolute atomic E-state index is 0.0105. The molecular weight excluding hydrogens is 259 g/mol. The molecule has 17 heavy (non-hydrogen) atoms. The fourth-order valence-corrected chi connectivity index (χ4v) is 2.02. The summed E-state index contributed by atoms with van der Waals surface area (Å²) in [6, 6.07) is 1.71. The van der Waals surface area contributed by atoms with Crippen molar-refractivity contribution < 1.29 is 4.74 Å². The number of nitrogens with zero attached hydrogens (tertiary/aromatic N) is 1. The van der Waals surface area contributed by atoms with Gasteiger partial charge < -0.3 is 10.1 Å². The summed E-state index contributed by atoms with van der Waals surface area (Å²) in [5.41, 5.74) is 0.786. The van der Waals surface area contributed by atoms with Crippen molar-refractivity contribution in [3.63, 3.8) is 0 Å². The van der Waals surface area contributed by atoms with E-state index in [1.54, 1.807) is 12.3 Å². The summed E-state index contributed by atoms with van der Waals surface area (Å²) >= 11 is 12.0. The number of rotatable bonds is 7. The Bertz CT molecular complexity index is 347. The SMILES string of the molecule is CCCOCC(NCC)c1ncc(Cl)cc1Cl. The summed E-state index contributed by atoms with van der Waals surface area (Å²) in [6.45, 7) is 6.26. The lowest BCUT2D eigenvalue weighted by molar-refractivity contribution is 0.111. The lowest BCUT2D eigenvalue weighted by Gasteiger charge is -2.18. The Morgan fingerprint density at radius 2 is 2.18 bits per heavy atom. The summed E-state index contributed by atoms with van der Waals surface area (Å²) in [6.07, 6.45) is 2.60. The number of hydrogen-bond acceptors (Lipinski definition) is 3. The van der Waals surface area contributed by atoms with Crippen LogP contribution in [-0.2, 0) is 4.74 Å². The highest BCUT2D eigenvalue weighted by Gasteiger charge is 2.15. The van der Waals surface area contributed by atoms with Crippen molar-refractivity contribution in [2.75, 3.05) is 19.8 Å². The summed E-state index contributed by atoms with van der Waals surface area (Å²) in [5, 5.41) is 4.42. The van der Waals surface area contributed by atoms with Gasteiger partial charge in [-0.15, -0.1) is 0 Å². The van der Waals surface area contributed by atoms with Crippen LogP contribution >= 0.6 is 23.2 Å². The van der Waals surface area contributed by atoms with E-state index in [1.807, 2.05) is 6.92 Å². The van der Waals surface area contributed by atoms with Crippen LogP contribution in [0.5, 0.6) is 0 Å². The molecule has 0 fully saturated rings. The van der Waals surface area contributed by atoms with Crippen molar-refractivity contribution in [1.29, 1.82) is 0 Å². The molecular formula is C12H18Cl2N2O. The Labute approximate surface area is 112 Å². The van der Waals surface area contributed by atoms with E-state index in [-0.39, 0.29) is 6.04 Å². The quantitative estimate of drug-likeness (QED) is 0.775. The molecule has 5 heteroatoms. The number of ether oxygens (including phenoxy) is 1. The smallest absolute Gasteiger partial charge is 0.0783 e. The average Bonchev–Trinajstić information content (AvgIpc) is 2.28. The van der Waals surface area contributed by atoms with Crippen LogP contribution in [0.2, 0.25) is 10.0 Å². The first-order valence-corrected chi connectivity index (χ1v) is 6.56. The molecule has 1 rings (SSSR count). The van der Waals surface area contributed by atoms with Crippen molar-refractivity contribution in [1.82, 2.24) is 10.3 Å². The molecule has 0 aliphatic heterocycles. The highest BCUT2D eigenvalue weighted by molar-refractivity contribution is 6.34. The van der Waals surface area contributed by atoms with Gasteiger partial charge in [0.15, 0.2) is 0 Å². The van der Waals surface area contributed by atoms with E-state index in [0.29, 0.717) is 16.7 Å². The second-order valence-electron chi connectivity index (χ2n) is 3.71. The van der Waals surface area contributed by atoms with E-state index in [4.69, 9.17) is 27.9 Å². The molecule has 1 N–H and O–H groups in total.